The summed E-state index contributed by atoms with van der Waals surface area (Å²) in [4.78, 5) is 12.3. The molecule has 0 saturated carbocycles. The highest BCUT2D eigenvalue weighted by Gasteiger charge is 2.39. The maximum atomic E-state index is 12.3. The highest BCUT2D eigenvalue weighted by molar-refractivity contribution is 6.74. The molecule has 0 bridgehead atoms. The molecule has 0 saturated heterocycles. The van der Waals surface area contributed by atoms with Crippen molar-refractivity contribution in [2.45, 2.75) is 96.2 Å². The van der Waals surface area contributed by atoms with Gasteiger partial charge in [-0.15, -0.1) is 0 Å². The van der Waals surface area contributed by atoms with E-state index >= 15 is 0 Å². The van der Waals surface area contributed by atoms with Gasteiger partial charge in [0.25, 0.3) is 0 Å². The van der Waals surface area contributed by atoms with Gasteiger partial charge in [0.15, 0.2) is 8.32 Å². The van der Waals surface area contributed by atoms with Crippen molar-refractivity contribution in [3.05, 3.63) is 12.2 Å². The van der Waals surface area contributed by atoms with Gasteiger partial charge < -0.3 is 18.6 Å². The van der Waals surface area contributed by atoms with Crippen LogP contribution in [0.4, 0.5) is 0 Å². The fraction of sp³-hybridized carbons (Fsp3) is 0.850. The average Bonchev–Trinajstić information content (AvgIpc) is 2.49. The summed E-state index contributed by atoms with van der Waals surface area (Å²) in [5, 5.41) is 0.0989. The normalized spacial score (nSPS) is 28.0. The van der Waals surface area contributed by atoms with Crippen LogP contribution in [0.5, 0.6) is 0 Å². The molecule has 6 heteroatoms. The first-order valence-corrected chi connectivity index (χ1v) is 12.6. The second-order valence-electron chi connectivity index (χ2n) is 8.71. The lowest BCUT2D eigenvalue weighted by atomic mass is 10.1. The topological polar surface area (TPSA) is 54.0 Å². The van der Waals surface area contributed by atoms with Gasteiger partial charge in [-0.25, -0.2) is 0 Å². The molecule has 0 aromatic heterocycles. The van der Waals surface area contributed by atoms with Crippen molar-refractivity contribution in [1.82, 2.24) is 0 Å². The average molecular weight is 387 g/mol. The molecule has 0 aromatic rings. The minimum atomic E-state index is -1.96. The van der Waals surface area contributed by atoms with E-state index in [2.05, 4.69) is 46.0 Å². The van der Waals surface area contributed by atoms with E-state index in [1.165, 1.54) is 0 Å². The van der Waals surface area contributed by atoms with Gasteiger partial charge in [0.1, 0.15) is 6.79 Å². The van der Waals surface area contributed by atoms with Crippen LogP contribution in [0, 0.1) is 0 Å². The van der Waals surface area contributed by atoms with Crippen molar-refractivity contribution < 1.29 is 23.4 Å². The molecule has 0 aromatic carbocycles. The summed E-state index contributed by atoms with van der Waals surface area (Å²) < 4.78 is 22.8. The van der Waals surface area contributed by atoms with Crippen molar-refractivity contribution >= 4 is 14.3 Å². The Labute approximate surface area is 160 Å². The van der Waals surface area contributed by atoms with Gasteiger partial charge in [-0.05, 0) is 50.7 Å². The van der Waals surface area contributed by atoms with Crippen LogP contribution >= 0.6 is 0 Å². The Morgan fingerprint density at radius 1 is 1.27 bits per heavy atom. The fourth-order valence-corrected chi connectivity index (χ4v) is 4.03. The van der Waals surface area contributed by atoms with Crippen LogP contribution in [0.3, 0.4) is 0 Å². The van der Waals surface area contributed by atoms with Crippen molar-refractivity contribution in [3.63, 3.8) is 0 Å². The zero-order chi connectivity index (χ0) is 19.8. The largest absolute Gasteiger partial charge is 0.463 e. The zero-order valence-electron chi connectivity index (χ0n) is 17.7. The summed E-state index contributed by atoms with van der Waals surface area (Å²) in [6.07, 6.45) is 7.58. The van der Waals surface area contributed by atoms with Crippen LogP contribution in [-0.2, 0) is 23.4 Å². The quantitative estimate of drug-likeness (QED) is 0.293. The summed E-state index contributed by atoms with van der Waals surface area (Å²) in [5.74, 6) is -0.164. The summed E-state index contributed by atoms with van der Waals surface area (Å²) >= 11 is 0. The Kier molecular flexibility index (Phi) is 9.51. The number of methoxy groups -OCH3 is 1. The highest BCUT2D eigenvalue weighted by Crippen LogP contribution is 2.38. The van der Waals surface area contributed by atoms with Gasteiger partial charge in [-0.1, -0.05) is 32.9 Å². The molecule has 0 spiro atoms. The number of carbonyl (C=O) groups excluding carboxylic acids is 1. The van der Waals surface area contributed by atoms with Crippen LogP contribution in [0.15, 0.2) is 12.2 Å². The van der Waals surface area contributed by atoms with E-state index in [4.69, 9.17) is 18.6 Å². The summed E-state index contributed by atoms with van der Waals surface area (Å²) in [6, 6.07) is 0. The number of carbonyl (C=O) groups is 1. The van der Waals surface area contributed by atoms with Crippen LogP contribution < -0.4 is 0 Å². The van der Waals surface area contributed by atoms with Gasteiger partial charge in [0.05, 0.1) is 24.7 Å². The Morgan fingerprint density at radius 3 is 2.58 bits per heavy atom. The second kappa shape index (κ2) is 10.6. The Morgan fingerprint density at radius 2 is 1.96 bits per heavy atom. The first-order valence-electron chi connectivity index (χ1n) is 9.69. The third kappa shape index (κ3) is 8.33. The summed E-state index contributed by atoms with van der Waals surface area (Å²) in [7, 11) is -0.331. The van der Waals surface area contributed by atoms with E-state index in [1.807, 2.05) is 6.92 Å². The van der Waals surface area contributed by atoms with Crippen LogP contribution in [-0.4, -0.2) is 46.5 Å². The van der Waals surface area contributed by atoms with E-state index in [0.717, 1.165) is 19.3 Å². The molecule has 5 nitrogen and oxygen atoms in total. The lowest BCUT2D eigenvalue weighted by Gasteiger charge is -2.39. The van der Waals surface area contributed by atoms with E-state index in [1.54, 1.807) is 7.11 Å². The van der Waals surface area contributed by atoms with Crippen molar-refractivity contribution in [2.75, 3.05) is 13.9 Å². The van der Waals surface area contributed by atoms with Gasteiger partial charge in [-0.2, -0.15) is 0 Å². The van der Waals surface area contributed by atoms with Crippen LogP contribution in [0.1, 0.15) is 59.8 Å². The third-order valence-corrected chi connectivity index (χ3v) is 9.78. The molecule has 1 aliphatic heterocycles. The number of hydrogen-bond acceptors (Lipinski definition) is 5. The molecule has 1 aliphatic rings. The number of hydrogen-bond donors (Lipinski definition) is 0. The first-order chi connectivity index (χ1) is 12.0. The smallest absolute Gasteiger partial charge is 0.308 e. The molecule has 3 atom stereocenters. The Hall–Kier alpha value is -0.693. The maximum Gasteiger partial charge on any atom is 0.308 e. The minimum Gasteiger partial charge on any atom is -0.463 e. The number of rotatable bonds is 5. The van der Waals surface area contributed by atoms with E-state index < -0.39 is 8.32 Å². The monoisotopic (exact) mass is 386 g/mol. The van der Waals surface area contributed by atoms with E-state index in [-0.39, 0.29) is 36.1 Å². The molecule has 0 aliphatic carbocycles. The van der Waals surface area contributed by atoms with Gasteiger partial charge in [-0.3, -0.25) is 4.79 Å². The van der Waals surface area contributed by atoms with Gasteiger partial charge >= 0.3 is 5.97 Å². The number of esters is 1. The highest BCUT2D eigenvalue weighted by atomic mass is 28.4. The fourth-order valence-electron chi connectivity index (χ4n) is 2.66. The van der Waals surface area contributed by atoms with Crippen molar-refractivity contribution in [2.24, 2.45) is 0 Å². The molecule has 0 radical (unpaired) electrons. The number of ether oxygens (including phenoxy) is 3. The predicted octanol–water partition coefficient (Wildman–Crippen LogP) is 4.82. The SMILES string of the molecule is COCOC1/C=C\CC(O[Si](C)(C)C(C)(C)C)CC(=O)O[C@H](C)CCC1. The Bertz CT molecular complexity index is 456. The molecular formula is C20H38O5Si. The molecule has 0 amide bonds. The second-order valence-corrected chi connectivity index (χ2v) is 13.5. The standard InChI is InChI=1S/C20H38O5Si/c1-16-10-8-11-17(23-15-22-5)12-9-13-18(14-19(21)24-16)25-26(6,7)20(2,3)4/h9,12,16-18H,8,10-11,13-15H2,1-7H3/b12-9-/t16-,17?,18?/m1/s1. The third-order valence-electron chi connectivity index (χ3n) is 5.24. The number of cyclic esters (lactones) is 1. The summed E-state index contributed by atoms with van der Waals surface area (Å²) in [6.45, 7) is 13.3. The van der Waals surface area contributed by atoms with Gasteiger partial charge in [0, 0.05) is 7.11 Å². The molecule has 2 unspecified atom stereocenters. The van der Waals surface area contributed by atoms with Crippen molar-refractivity contribution in [3.8, 4) is 0 Å². The minimum absolute atomic E-state index is 0.0193. The molecule has 0 fully saturated rings. The van der Waals surface area contributed by atoms with Crippen LogP contribution in [0.2, 0.25) is 18.1 Å². The van der Waals surface area contributed by atoms with Crippen molar-refractivity contribution in [1.29, 1.82) is 0 Å². The predicted molar refractivity (Wildman–Crippen MR) is 107 cm³/mol. The van der Waals surface area contributed by atoms with Crippen LogP contribution in [0.25, 0.3) is 0 Å². The van der Waals surface area contributed by atoms with E-state index in [9.17, 15) is 4.79 Å². The van der Waals surface area contributed by atoms with E-state index in [0.29, 0.717) is 12.8 Å². The molecule has 1 heterocycles. The molecule has 0 N–H and O–H groups in total. The summed E-state index contributed by atoms with van der Waals surface area (Å²) in [5.41, 5.74) is 0. The molecule has 26 heavy (non-hydrogen) atoms. The molecule has 1 rings (SSSR count). The molecular weight excluding hydrogens is 348 g/mol. The Balaban J connectivity index is 2.88. The first kappa shape index (κ1) is 23.3. The van der Waals surface area contributed by atoms with Gasteiger partial charge in [0.2, 0.25) is 0 Å². The lowest BCUT2D eigenvalue weighted by molar-refractivity contribution is -0.150. The lowest BCUT2D eigenvalue weighted by Crippen LogP contribution is -2.44. The molecule has 152 valence electrons. The zero-order valence-corrected chi connectivity index (χ0v) is 18.7. The maximum absolute atomic E-state index is 12.3.